The van der Waals surface area contributed by atoms with Gasteiger partial charge in [-0.1, -0.05) is 12.1 Å². The van der Waals surface area contributed by atoms with E-state index in [1.165, 1.54) is 34.7 Å². The Bertz CT molecular complexity index is 1080. The molecule has 1 fully saturated rings. The van der Waals surface area contributed by atoms with Crippen LogP contribution in [0.5, 0.6) is 0 Å². The number of nitrogens with one attached hydrogen (secondary N) is 1. The fourth-order valence-electron chi connectivity index (χ4n) is 3.47. The topological polar surface area (TPSA) is 113 Å². The summed E-state index contributed by atoms with van der Waals surface area (Å²) in [5.41, 5.74) is 0.0443. The van der Waals surface area contributed by atoms with Crippen LogP contribution in [0, 0.1) is 21.8 Å². The third-order valence-corrected chi connectivity index (χ3v) is 5.85. The first-order chi connectivity index (χ1) is 15.2. The van der Waals surface area contributed by atoms with Crippen LogP contribution >= 0.6 is 11.8 Å². The average Bonchev–Trinajstić information content (AvgIpc) is 3.15. The molecule has 2 aromatic rings. The number of halogens is 1. The average molecular weight is 460 g/mol. The second-order valence-corrected chi connectivity index (χ2v) is 8.09. The van der Waals surface area contributed by atoms with Gasteiger partial charge in [0.15, 0.2) is 0 Å². The minimum absolute atomic E-state index is 0.0122. The number of nitrogens with zero attached hydrogens (tertiary/aromatic N) is 3. The number of carbonyl (C=O) groups excluding carboxylic acids is 3. The summed E-state index contributed by atoms with van der Waals surface area (Å²) in [5.74, 6) is -2.91. The summed E-state index contributed by atoms with van der Waals surface area (Å²) in [4.78, 5) is 51.1. The zero-order valence-corrected chi connectivity index (χ0v) is 18.2. The Morgan fingerprint density at radius 2 is 2.03 bits per heavy atom. The van der Waals surface area contributed by atoms with Crippen LogP contribution in [0.1, 0.15) is 6.42 Å². The first-order valence-corrected chi connectivity index (χ1v) is 10.9. The summed E-state index contributed by atoms with van der Waals surface area (Å²) in [6, 6.07) is 10.4. The van der Waals surface area contributed by atoms with Gasteiger partial charge in [-0.2, -0.15) is 4.39 Å². The predicted octanol–water partition coefficient (Wildman–Crippen LogP) is 2.91. The lowest BCUT2D eigenvalue weighted by atomic mass is 10.1. The van der Waals surface area contributed by atoms with E-state index < -0.39 is 34.2 Å². The van der Waals surface area contributed by atoms with Gasteiger partial charge in [0.1, 0.15) is 0 Å². The maximum Gasteiger partial charge on any atom is 0.306 e. The van der Waals surface area contributed by atoms with Crippen molar-refractivity contribution in [3.05, 3.63) is 58.4 Å². The van der Waals surface area contributed by atoms with Gasteiger partial charge in [0, 0.05) is 31.0 Å². The van der Waals surface area contributed by atoms with Gasteiger partial charge in [-0.25, -0.2) is 0 Å². The maximum absolute atomic E-state index is 13.6. The van der Waals surface area contributed by atoms with Crippen LogP contribution in [0.3, 0.4) is 0 Å². The molecule has 11 heteroatoms. The number of likely N-dealkylation sites (N-methyl/N-ethyl adjacent to an activating group) is 1. The molecule has 1 aliphatic rings. The van der Waals surface area contributed by atoms with Crippen molar-refractivity contribution < 1.29 is 23.7 Å². The van der Waals surface area contributed by atoms with Gasteiger partial charge in [-0.3, -0.25) is 24.5 Å². The molecule has 1 heterocycles. The van der Waals surface area contributed by atoms with E-state index in [0.29, 0.717) is 5.69 Å². The molecular weight excluding hydrogens is 439 g/mol. The number of amides is 3. The molecular formula is C21H21FN4O5S. The van der Waals surface area contributed by atoms with Gasteiger partial charge in [0.2, 0.25) is 23.5 Å². The van der Waals surface area contributed by atoms with Gasteiger partial charge < -0.3 is 15.1 Å². The molecule has 0 spiro atoms. The Labute approximate surface area is 187 Å². The molecule has 1 N–H and O–H groups in total. The molecule has 0 radical (unpaired) electrons. The number of rotatable bonds is 7. The number of benzene rings is 2. The summed E-state index contributed by atoms with van der Waals surface area (Å²) in [6.07, 6.45) is 1.78. The first-order valence-electron chi connectivity index (χ1n) is 9.63. The van der Waals surface area contributed by atoms with E-state index in [-0.39, 0.29) is 31.1 Å². The number of thioether (sulfide) groups is 1. The Balaban J connectivity index is 1.64. The van der Waals surface area contributed by atoms with Gasteiger partial charge >= 0.3 is 5.69 Å². The molecule has 1 saturated heterocycles. The lowest BCUT2D eigenvalue weighted by Crippen LogP contribution is -2.39. The smallest absolute Gasteiger partial charge is 0.306 e. The van der Waals surface area contributed by atoms with E-state index in [1.54, 1.807) is 12.1 Å². The minimum Gasteiger partial charge on any atom is -0.336 e. The van der Waals surface area contributed by atoms with Crippen molar-refractivity contribution >= 4 is 46.5 Å². The van der Waals surface area contributed by atoms with Crippen LogP contribution in [0.4, 0.5) is 21.5 Å². The number of nitro benzene ring substituents is 1. The van der Waals surface area contributed by atoms with Crippen molar-refractivity contribution in [2.24, 2.45) is 5.92 Å². The number of hydrogen-bond acceptors (Lipinski definition) is 6. The normalized spacial score (nSPS) is 15.5. The van der Waals surface area contributed by atoms with Crippen LogP contribution < -0.4 is 10.2 Å². The minimum atomic E-state index is -1.01. The molecule has 2 aromatic carbocycles. The number of anilines is 2. The van der Waals surface area contributed by atoms with Crippen LogP contribution in [0.15, 0.2) is 47.4 Å². The molecule has 168 valence electrons. The fraction of sp³-hybridized carbons (Fsp3) is 0.286. The van der Waals surface area contributed by atoms with Crippen molar-refractivity contribution in [3.8, 4) is 0 Å². The summed E-state index contributed by atoms with van der Waals surface area (Å²) in [6.45, 7) is -0.212. The van der Waals surface area contributed by atoms with Crippen molar-refractivity contribution in [1.82, 2.24) is 4.90 Å². The lowest BCUT2D eigenvalue weighted by molar-refractivity contribution is -0.387. The second kappa shape index (κ2) is 9.77. The molecule has 9 nitrogen and oxygen atoms in total. The van der Waals surface area contributed by atoms with Crippen molar-refractivity contribution in [1.29, 1.82) is 0 Å². The molecule has 0 bridgehead atoms. The molecule has 3 amide bonds. The molecule has 1 unspecified atom stereocenters. The largest absolute Gasteiger partial charge is 0.336 e. The van der Waals surface area contributed by atoms with E-state index in [9.17, 15) is 28.9 Å². The highest BCUT2D eigenvalue weighted by molar-refractivity contribution is 7.98. The number of hydrogen-bond donors (Lipinski definition) is 1. The van der Waals surface area contributed by atoms with E-state index in [0.717, 1.165) is 17.0 Å². The van der Waals surface area contributed by atoms with Crippen LogP contribution in [-0.2, 0) is 14.4 Å². The Kier molecular flexibility index (Phi) is 7.08. The van der Waals surface area contributed by atoms with E-state index in [2.05, 4.69) is 5.32 Å². The summed E-state index contributed by atoms with van der Waals surface area (Å²) in [7, 11) is 1.47. The summed E-state index contributed by atoms with van der Waals surface area (Å²) >= 11 is 1.48. The molecule has 0 aliphatic carbocycles. The summed E-state index contributed by atoms with van der Waals surface area (Å²) in [5, 5.41) is 13.7. The molecule has 32 heavy (non-hydrogen) atoms. The third kappa shape index (κ3) is 5.05. The number of nitro groups is 1. The SMILES string of the molecule is CSc1ccccc1NC(=O)CN(C)C(=O)C1CC(=O)N(c2ccc(F)c([N+](=O)[O-])c2)C1. The van der Waals surface area contributed by atoms with E-state index >= 15 is 0 Å². The monoisotopic (exact) mass is 460 g/mol. The second-order valence-electron chi connectivity index (χ2n) is 7.24. The zero-order valence-electron chi connectivity index (χ0n) is 17.4. The molecule has 1 atom stereocenters. The molecule has 0 aromatic heterocycles. The third-order valence-electron chi connectivity index (χ3n) is 5.05. The Hall–Kier alpha value is -3.47. The van der Waals surface area contributed by atoms with Gasteiger partial charge in [-0.05, 0) is 30.5 Å². The van der Waals surface area contributed by atoms with Gasteiger partial charge in [-0.15, -0.1) is 11.8 Å². The lowest BCUT2D eigenvalue weighted by Gasteiger charge is -2.21. The van der Waals surface area contributed by atoms with Crippen LogP contribution in [0.2, 0.25) is 0 Å². The standard InChI is InChI=1S/C21H21FN4O5S/c1-24(12-19(27)23-16-5-3-4-6-18(16)32-2)21(29)13-9-20(28)25(11-13)14-7-8-15(22)17(10-14)26(30)31/h3-8,10,13H,9,11-12H2,1-2H3,(H,23,27). The zero-order chi connectivity index (χ0) is 23.4. The van der Waals surface area contributed by atoms with Crippen molar-refractivity contribution in [2.45, 2.75) is 11.3 Å². The quantitative estimate of drug-likeness (QED) is 0.386. The highest BCUT2D eigenvalue weighted by atomic mass is 32.2. The van der Waals surface area contributed by atoms with E-state index in [4.69, 9.17) is 0 Å². The van der Waals surface area contributed by atoms with Crippen LogP contribution in [0.25, 0.3) is 0 Å². The van der Waals surface area contributed by atoms with Gasteiger partial charge in [0.05, 0.1) is 28.8 Å². The Morgan fingerprint density at radius 1 is 1.31 bits per heavy atom. The first kappa shape index (κ1) is 23.2. The molecule has 1 aliphatic heterocycles. The number of para-hydroxylation sites is 1. The fourth-order valence-corrected chi connectivity index (χ4v) is 4.03. The predicted molar refractivity (Wildman–Crippen MR) is 118 cm³/mol. The van der Waals surface area contributed by atoms with Gasteiger partial charge in [0.25, 0.3) is 0 Å². The highest BCUT2D eigenvalue weighted by Crippen LogP contribution is 2.30. The number of carbonyl (C=O) groups is 3. The molecule has 3 rings (SSSR count). The van der Waals surface area contributed by atoms with Crippen molar-refractivity contribution in [2.75, 3.05) is 36.6 Å². The molecule has 0 saturated carbocycles. The van der Waals surface area contributed by atoms with Crippen molar-refractivity contribution in [3.63, 3.8) is 0 Å². The maximum atomic E-state index is 13.6. The Morgan fingerprint density at radius 3 is 2.72 bits per heavy atom. The van der Waals surface area contributed by atoms with E-state index in [1.807, 2.05) is 18.4 Å². The van der Waals surface area contributed by atoms with Crippen LogP contribution in [-0.4, -0.2) is 53.9 Å². The highest BCUT2D eigenvalue weighted by Gasteiger charge is 2.37. The summed E-state index contributed by atoms with van der Waals surface area (Å²) < 4.78 is 13.6.